The van der Waals surface area contributed by atoms with Gasteiger partial charge in [-0.3, -0.25) is 4.79 Å². The summed E-state index contributed by atoms with van der Waals surface area (Å²) < 4.78 is 17.2. The van der Waals surface area contributed by atoms with Crippen LogP contribution in [0.25, 0.3) is 0 Å². The van der Waals surface area contributed by atoms with Gasteiger partial charge in [-0.1, -0.05) is 20.8 Å². The zero-order valence-electron chi connectivity index (χ0n) is 12.4. The summed E-state index contributed by atoms with van der Waals surface area (Å²) in [6.07, 6.45) is 0.664. The van der Waals surface area contributed by atoms with Crippen molar-refractivity contribution in [3.63, 3.8) is 0 Å². The van der Waals surface area contributed by atoms with Crippen molar-refractivity contribution in [1.29, 1.82) is 0 Å². The highest BCUT2D eigenvalue weighted by molar-refractivity contribution is 5.76. The first-order valence-electron chi connectivity index (χ1n) is 6.62. The highest BCUT2D eigenvalue weighted by Crippen LogP contribution is 2.38. The molecule has 0 bridgehead atoms. The number of rotatable bonds is 6. The number of hydrogen-bond acceptors (Lipinski definition) is 4. The molecular formula is C14H26O4. The Hall–Kier alpha value is -0.450. The maximum absolute atomic E-state index is 11.0. The normalized spacial score (nSPS) is 32.8. The van der Waals surface area contributed by atoms with E-state index in [1.54, 1.807) is 7.11 Å². The zero-order chi connectivity index (χ0) is 13.9. The van der Waals surface area contributed by atoms with Gasteiger partial charge in [0.15, 0.2) is 5.78 Å². The number of methoxy groups -OCH3 is 1. The topological polar surface area (TPSA) is 44.8 Å². The Bertz CT molecular complexity index is 288. The minimum atomic E-state index is -0.172. The second-order valence-corrected chi connectivity index (χ2v) is 5.78. The number of carbonyl (C=O) groups excluding carboxylic acids is 1. The van der Waals surface area contributed by atoms with E-state index in [0.29, 0.717) is 0 Å². The van der Waals surface area contributed by atoms with Crippen molar-refractivity contribution < 1.29 is 19.0 Å². The first-order valence-corrected chi connectivity index (χ1v) is 6.62. The average Bonchev–Trinajstić information content (AvgIpc) is 2.63. The Morgan fingerprint density at radius 3 is 2.39 bits per heavy atom. The Labute approximate surface area is 110 Å². The van der Waals surface area contributed by atoms with Crippen LogP contribution in [-0.4, -0.2) is 43.9 Å². The number of ketones is 1. The van der Waals surface area contributed by atoms with E-state index in [0.717, 1.165) is 6.42 Å². The number of hydrogen-bond donors (Lipinski definition) is 0. The van der Waals surface area contributed by atoms with Gasteiger partial charge in [0.05, 0.1) is 12.2 Å². The maximum Gasteiger partial charge on any atom is 0.155 e. The van der Waals surface area contributed by atoms with Gasteiger partial charge < -0.3 is 14.2 Å². The average molecular weight is 258 g/mol. The molecule has 1 saturated heterocycles. The molecule has 0 N–H and O–H groups in total. The fourth-order valence-electron chi connectivity index (χ4n) is 2.36. The number of Topliss-reactive ketones (excluding diaryl/α,β-unsaturated/α-hetero) is 1. The van der Waals surface area contributed by atoms with Crippen LogP contribution in [-0.2, 0) is 19.0 Å². The molecule has 1 fully saturated rings. The predicted molar refractivity (Wildman–Crippen MR) is 69.6 cm³/mol. The fourth-order valence-corrected chi connectivity index (χ4v) is 2.36. The lowest BCUT2D eigenvalue weighted by molar-refractivity contribution is -0.127. The highest BCUT2D eigenvalue weighted by atomic mass is 16.6. The standard InChI is InChI=1S/C14H26O4/c1-7-14(4,5)13-12(16-6)11(10(3)18-13)17-8-9(2)15/h10-13H,7-8H2,1-6H3/t10?,11-,12?,13?/m0/s1. The van der Waals surface area contributed by atoms with Gasteiger partial charge in [0, 0.05) is 7.11 Å². The third kappa shape index (κ3) is 3.31. The fraction of sp³-hybridized carbons (Fsp3) is 0.929. The highest BCUT2D eigenvalue weighted by Gasteiger charge is 2.49. The van der Waals surface area contributed by atoms with Gasteiger partial charge in [-0.15, -0.1) is 0 Å². The molecule has 0 spiro atoms. The summed E-state index contributed by atoms with van der Waals surface area (Å²) in [5.74, 6) is 0.0234. The van der Waals surface area contributed by atoms with Crippen molar-refractivity contribution in [3.05, 3.63) is 0 Å². The van der Waals surface area contributed by atoms with Crippen molar-refractivity contribution in [2.75, 3.05) is 13.7 Å². The summed E-state index contributed by atoms with van der Waals surface area (Å²) >= 11 is 0. The molecule has 0 amide bonds. The van der Waals surface area contributed by atoms with Gasteiger partial charge in [0.1, 0.15) is 18.8 Å². The van der Waals surface area contributed by atoms with Crippen LogP contribution in [0.4, 0.5) is 0 Å². The molecule has 0 aromatic rings. The lowest BCUT2D eigenvalue weighted by Gasteiger charge is -2.33. The van der Waals surface area contributed by atoms with Crippen LogP contribution in [0, 0.1) is 5.41 Å². The Balaban J connectivity index is 2.78. The third-order valence-corrected chi connectivity index (χ3v) is 3.88. The first-order chi connectivity index (χ1) is 8.33. The second kappa shape index (κ2) is 6.13. The van der Waals surface area contributed by atoms with Crippen LogP contribution in [0.2, 0.25) is 0 Å². The number of ether oxygens (including phenoxy) is 3. The summed E-state index contributed by atoms with van der Waals surface area (Å²) in [6.45, 7) is 10.1. The summed E-state index contributed by atoms with van der Waals surface area (Å²) in [6, 6.07) is 0. The van der Waals surface area contributed by atoms with Gasteiger partial charge >= 0.3 is 0 Å². The summed E-state index contributed by atoms with van der Waals surface area (Å²) in [5.41, 5.74) is 0.0310. The maximum atomic E-state index is 11.0. The van der Waals surface area contributed by atoms with E-state index in [4.69, 9.17) is 14.2 Å². The minimum Gasteiger partial charge on any atom is -0.376 e. The van der Waals surface area contributed by atoms with E-state index in [1.165, 1.54) is 6.92 Å². The summed E-state index contributed by atoms with van der Waals surface area (Å²) in [5, 5.41) is 0. The van der Waals surface area contributed by atoms with E-state index in [9.17, 15) is 4.79 Å². The molecule has 0 radical (unpaired) electrons. The smallest absolute Gasteiger partial charge is 0.155 e. The summed E-state index contributed by atoms with van der Waals surface area (Å²) in [7, 11) is 1.68. The van der Waals surface area contributed by atoms with E-state index in [2.05, 4.69) is 20.8 Å². The van der Waals surface area contributed by atoms with Gasteiger partial charge in [-0.25, -0.2) is 0 Å². The minimum absolute atomic E-state index is 0.000502. The third-order valence-electron chi connectivity index (χ3n) is 3.88. The summed E-state index contributed by atoms with van der Waals surface area (Å²) in [4.78, 5) is 11.0. The molecule has 1 rings (SSSR count). The molecule has 0 aliphatic carbocycles. The van der Waals surface area contributed by atoms with Crippen LogP contribution in [0.5, 0.6) is 0 Å². The van der Waals surface area contributed by atoms with Crippen LogP contribution in [0.15, 0.2) is 0 Å². The molecule has 3 unspecified atom stereocenters. The Kier molecular flexibility index (Phi) is 5.32. The van der Waals surface area contributed by atoms with E-state index < -0.39 is 0 Å². The Morgan fingerprint density at radius 2 is 1.94 bits per heavy atom. The second-order valence-electron chi connectivity index (χ2n) is 5.78. The lowest BCUT2D eigenvalue weighted by Crippen LogP contribution is -2.43. The first kappa shape index (κ1) is 15.6. The van der Waals surface area contributed by atoms with Crippen molar-refractivity contribution in [3.8, 4) is 0 Å². The van der Waals surface area contributed by atoms with Gasteiger partial charge in [-0.05, 0) is 25.7 Å². The lowest BCUT2D eigenvalue weighted by atomic mass is 9.81. The van der Waals surface area contributed by atoms with E-state index in [1.807, 2.05) is 6.92 Å². The quantitative estimate of drug-likeness (QED) is 0.732. The van der Waals surface area contributed by atoms with Crippen LogP contribution >= 0.6 is 0 Å². The molecule has 0 aromatic carbocycles. The molecule has 4 atom stereocenters. The molecule has 1 heterocycles. The number of carbonyl (C=O) groups is 1. The molecule has 0 saturated carbocycles. The molecule has 106 valence electrons. The Morgan fingerprint density at radius 1 is 1.33 bits per heavy atom. The van der Waals surface area contributed by atoms with Gasteiger partial charge in [0.25, 0.3) is 0 Å². The van der Waals surface area contributed by atoms with Crippen LogP contribution in [0.3, 0.4) is 0 Å². The van der Waals surface area contributed by atoms with E-state index in [-0.39, 0.29) is 42.2 Å². The largest absolute Gasteiger partial charge is 0.376 e. The van der Waals surface area contributed by atoms with Crippen LogP contribution in [0.1, 0.15) is 41.0 Å². The zero-order valence-corrected chi connectivity index (χ0v) is 12.4. The predicted octanol–water partition coefficient (Wildman–Crippen LogP) is 2.20. The van der Waals surface area contributed by atoms with Crippen molar-refractivity contribution in [1.82, 2.24) is 0 Å². The SMILES string of the molecule is CCC(C)(C)C1OC(C)[C@H](OCC(C)=O)C1OC. The van der Waals surface area contributed by atoms with Crippen molar-refractivity contribution in [2.24, 2.45) is 5.41 Å². The monoisotopic (exact) mass is 258 g/mol. The van der Waals surface area contributed by atoms with E-state index >= 15 is 0 Å². The van der Waals surface area contributed by atoms with Gasteiger partial charge in [-0.2, -0.15) is 0 Å². The van der Waals surface area contributed by atoms with Crippen molar-refractivity contribution in [2.45, 2.75) is 65.5 Å². The van der Waals surface area contributed by atoms with Gasteiger partial charge in [0.2, 0.25) is 0 Å². The molecule has 18 heavy (non-hydrogen) atoms. The van der Waals surface area contributed by atoms with Crippen molar-refractivity contribution >= 4 is 5.78 Å². The van der Waals surface area contributed by atoms with Crippen LogP contribution < -0.4 is 0 Å². The molecular weight excluding hydrogens is 232 g/mol. The molecule has 0 aromatic heterocycles. The molecule has 1 aliphatic heterocycles. The molecule has 1 aliphatic rings. The molecule has 4 heteroatoms. The molecule has 4 nitrogen and oxygen atoms in total.